The van der Waals surface area contributed by atoms with E-state index in [-0.39, 0.29) is 12.2 Å². The molecule has 0 spiro atoms. The summed E-state index contributed by atoms with van der Waals surface area (Å²) in [5.74, 6) is 0.807. The summed E-state index contributed by atoms with van der Waals surface area (Å²) in [6.07, 6.45) is 1.61. The number of hydrogen-bond donors (Lipinski definition) is 1. The van der Waals surface area contributed by atoms with Crippen molar-refractivity contribution in [3.63, 3.8) is 0 Å². The molecule has 6 nitrogen and oxygen atoms in total. The molecule has 96 valence electrons. The summed E-state index contributed by atoms with van der Waals surface area (Å²) in [5.41, 5.74) is 0.451. The molecule has 0 atom stereocenters. The molecule has 2 heterocycles. The fourth-order valence-corrected chi connectivity index (χ4v) is 1.83. The van der Waals surface area contributed by atoms with Gasteiger partial charge in [-0.15, -0.1) is 5.10 Å². The Morgan fingerprint density at radius 2 is 2.11 bits per heavy atom. The predicted molar refractivity (Wildman–Crippen MR) is 69.3 cm³/mol. The van der Waals surface area contributed by atoms with Crippen LogP contribution < -0.4 is 10.9 Å². The first kappa shape index (κ1) is 11.6. The Bertz CT molecular complexity index is 734. The summed E-state index contributed by atoms with van der Waals surface area (Å²) < 4.78 is 6.48. The highest BCUT2D eigenvalue weighted by molar-refractivity contribution is 5.76. The van der Waals surface area contributed by atoms with Gasteiger partial charge in [-0.2, -0.15) is 4.68 Å². The molecule has 0 unspecified atom stereocenters. The fourth-order valence-electron chi connectivity index (χ4n) is 1.83. The van der Waals surface area contributed by atoms with Gasteiger partial charge in [0.2, 0.25) is 0 Å². The third-order valence-corrected chi connectivity index (χ3v) is 2.77. The molecule has 0 bridgehead atoms. The first-order valence-electron chi connectivity index (χ1n) is 5.90. The summed E-state index contributed by atoms with van der Waals surface area (Å²) in [6, 6.07) is 10.8. The van der Waals surface area contributed by atoms with Crippen molar-refractivity contribution in [3.8, 4) is 0 Å². The number of furan rings is 1. The maximum atomic E-state index is 12.1. The van der Waals surface area contributed by atoms with Gasteiger partial charge in [-0.25, -0.2) is 0 Å². The maximum absolute atomic E-state index is 12.1. The molecule has 6 heteroatoms. The van der Waals surface area contributed by atoms with E-state index in [4.69, 9.17) is 4.42 Å². The number of nitrogens with one attached hydrogen (secondary N) is 1. The van der Waals surface area contributed by atoms with Gasteiger partial charge in [-0.3, -0.25) is 10.1 Å². The number of aromatic nitrogens is 3. The Balaban J connectivity index is 1.78. The quantitative estimate of drug-likeness (QED) is 0.757. The van der Waals surface area contributed by atoms with Crippen molar-refractivity contribution in [2.75, 3.05) is 0 Å². The molecule has 0 aliphatic heterocycles. The summed E-state index contributed by atoms with van der Waals surface area (Å²) >= 11 is 0. The van der Waals surface area contributed by atoms with Gasteiger partial charge in [0.15, 0.2) is 0 Å². The smallest absolute Gasteiger partial charge is 0.278 e. The molecular weight excluding hydrogens is 244 g/mol. The molecule has 0 radical (unpaired) electrons. The van der Waals surface area contributed by atoms with Gasteiger partial charge in [-0.1, -0.05) is 17.3 Å². The molecule has 0 saturated carbocycles. The number of benzene rings is 1. The number of nitrogens with zero attached hydrogens (tertiary/aromatic N) is 3. The van der Waals surface area contributed by atoms with Crippen molar-refractivity contribution in [1.29, 1.82) is 0 Å². The van der Waals surface area contributed by atoms with Crippen molar-refractivity contribution in [1.82, 2.24) is 20.3 Å². The molecular formula is C13H12N4O2. The van der Waals surface area contributed by atoms with E-state index in [0.717, 1.165) is 5.76 Å². The van der Waals surface area contributed by atoms with Crippen molar-refractivity contribution in [2.45, 2.75) is 13.2 Å². The molecule has 0 saturated heterocycles. The maximum Gasteiger partial charge on any atom is 0.278 e. The van der Waals surface area contributed by atoms with Crippen LogP contribution in [0.1, 0.15) is 5.76 Å². The first-order valence-corrected chi connectivity index (χ1v) is 5.90. The standard InChI is InChI=1S/C13H12N4O2/c18-13-11-5-1-2-6-12(11)15-16-17(13)9-14-8-10-4-3-7-19-10/h1-7,14H,8-9H2. The van der Waals surface area contributed by atoms with E-state index in [2.05, 4.69) is 15.6 Å². The second kappa shape index (κ2) is 5.03. The van der Waals surface area contributed by atoms with E-state index < -0.39 is 0 Å². The minimum absolute atomic E-state index is 0.155. The summed E-state index contributed by atoms with van der Waals surface area (Å²) in [6.45, 7) is 0.825. The van der Waals surface area contributed by atoms with Crippen molar-refractivity contribution >= 4 is 10.9 Å². The highest BCUT2D eigenvalue weighted by Gasteiger charge is 2.04. The second-order valence-corrected chi connectivity index (χ2v) is 4.08. The largest absolute Gasteiger partial charge is 0.468 e. The van der Waals surface area contributed by atoms with Crippen LogP contribution in [-0.4, -0.2) is 15.0 Å². The summed E-state index contributed by atoms with van der Waals surface area (Å²) in [5, 5.41) is 11.5. The molecule has 1 aromatic carbocycles. The van der Waals surface area contributed by atoms with Crippen molar-refractivity contribution < 1.29 is 4.42 Å². The molecule has 3 rings (SSSR count). The normalized spacial score (nSPS) is 10.9. The fraction of sp³-hybridized carbons (Fsp3) is 0.154. The average Bonchev–Trinajstić information content (AvgIpc) is 2.95. The van der Waals surface area contributed by atoms with Gasteiger partial charge in [0.25, 0.3) is 5.56 Å². The number of hydrogen-bond acceptors (Lipinski definition) is 5. The van der Waals surface area contributed by atoms with Crippen LogP contribution in [0.4, 0.5) is 0 Å². The van der Waals surface area contributed by atoms with Gasteiger partial charge in [0, 0.05) is 0 Å². The van der Waals surface area contributed by atoms with E-state index in [9.17, 15) is 4.79 Å². The Kier molecular flexibility index (Phi) is 3.07. The highest BCUT2D eigenvalue weighted by Crippen LogP contribution is 2.03. The lowest BCUT2D eigenvalue weighted by Gasteiger charge is -2.05. The van der Waals surface area contributed by atoms with Crippen LogP contribution in [-0.2, 0) is 13.2 Å². The van der Waals surface area contributed by atoms with Gasteiger partial charge >= 0.3 is 0 Å². The molecule has 0 aliphatic carbocycles. The highest BCUT2D eigenvalue weighted by atomic mass is 16.3. The van der Waals surface area contributed by atoms with E-state index in [0.29, 0.717) is 17.4 Å². The zero-order chi connectivity index (χ0) is 13.1. The Morgan fingerprint density at radius 1 is 1.21 bits per heavy atom. The number of rotatable bonds is 4. The molecule has 2 aromatic heterocycles. The number of fused-ring (bicyclic) bond motifs is 1. The van der Waals surface area contributed by atoms with E-state index in [1.807, 2.05) is 24.3 Å². The molecule has 0 fully saturated rings. The molecule has 1 N–H and O–H groups in total. The third-order valence-electron chi connectivity index (χ3n) is 2.77. The lowest BCUT2D eigenvalue weighted by atomic mass is 10.2. The van der Waals surface area contributed by atoms with E-state index in [1.54, 1.807) is 18.4 Å². The molecule has 19 heavy (non-hydrogen) atoms. The zero-order valence-corrected chi connectivity index (χ0v) is 10.1. The zero-order valence-electron chi connectivity index (χ0n) is 10.1. The second-order valence-electron chi connectivity index (χ2n) is 4.08. The monoisotopic (exact) mass is 256 g/mol. The van der Waals surface area contributed by atoms with Crippen LogP contribution in [0.15, 0.2) is 51.9 Å². The molecule has 3 aromatic rings. The lowest BCUT2D eigenvalue weighted by Crippen LogP contribution is -2.30. The Hall–Kier alpha value is -2.47. The molecule has 0 amide bonds. The topological polar surface area (TPSA) is 73.0 Å². The van der Waals surface area contributed by atoms with Gasteiger partial charge in [0.1, 0.15) is 11.3 Å². The summed E-state index contributed by atoms with van der Waals surface area (Å²) in [7, 11) is 0. The predicted octanol–water partition coefficient (Wildman–Crippen LogP) is 1.13. The third kappa shape index (κ3) is 2.38. The van der Waals surface area contributed by atoms with E-state index in [1.165, 1.54) is 4.68 Å². The first-order chi connectivity index (χ1) is 9.34. The minimum atomic E-state index is -0.155. The van der Waals surface area contributed by atoms with Gasteiger partial charge in [0.05, 0.1) is 24.9 Å². The van der Waals surface area contributed by atoms with Gasteiger partial charge in [-0.05, 0) is 24.3 Å². The van der Waals surface area contributed by atoms with Crippen LogP contribution in [0.2, 0.25) is 0 Å². The Labute approximate surface area is 108 Å². The summed E-state index contributed by atoms with van der Waals surface area (Å²) in [4.78, 5) is 12.1. The van der Waals surface area contributed by atoms with Crippen molar-refractivity contribution in [3.05, 3.63) is 58.8 Å². The average molecular weight is 256 g/mol. The van der Waals surface area contributed by atoms with Crippen molar-refractivity contribution in [2.24, 2.45) is 0 Å². The Morgan fingerprint density at radius 3 is 2.95 bits per heavy atom. The molecule has 0 aliphatic rings. The van der Waals surface area contributed by atoms with Crippen LogP contribution >= 0.6 is 0 Å². The van der Waals surface area contributed by atoms with Gasteiger partial charge < -0.3 is 4.42 Å². The van der Waals surface area contributed by atoms with Crippen LogP contribution in [0.25, 0.3) is 10.9 Å². The lowest BCUT2D eigenvalue weighted by molar-refractivity contribution is 0.429. The van der Waals surface area contributed by atoms with Crippen LogP contribution in [0.3, 0.4) is 0 Å². The van der Waals surface area contributed by atoms with Crippen LogP contribution in [0, 0.1) is 0 Å². The van der Waals surface area contributed by atoms with E-state index >= 15 is 0 Å². The SMILES string of the molecule is O=c1c2ccccc2nnn1CNCc1ccco1. The van der Waals surface area contributed by atoms with Crippen LogP contribution in [0.5, 0.6) is 0 Å². The minimum Gasteiger partial charge on any atom is -0.468 e.